The van der Waals surface area contributed by atoms with Gasteiger partial charge in [0.05, 0.1) is 6.07 Å². The molecule has 2 nitrogen and oxygen atoms in total. The zero-order chi connectivity index (χ0) is 14.6. The van der Waals surface area contributed by atoms with Crippen LogP contribution in [0.3, 0.4) is 0 Å². The molecule has 1 N–H and O–H groups in total. The van der Waals surface area contributed by atoms with Crippen molar-refractivity contribution in [1.82, 2.24) is 5.32 Å². The Hall–Kier alpha value is -0.980. The summed E-state index contributed by atoms with van der Waals surface area (Å²) < 4.78 is 0. The van der Waals surface area contributed by atoms with E-state index in [9.17, 15) is 0 Å². The summed E-state index contributed by atoms with van der Waals surface area (Å²) in [5, 5.41) is 12.4. The van der Waals surface area contributed by atoms with Crippen LogP contribution < -0.4 is 5.32 Å². The first-order valence-corrected chi connectivity index (χ1v) is 8.25. The van der Waals surface area contributed by atoms with Gasteiger partial charge in [-0.15, -0.1) is 11.8 Å². The van der Waals surface area contributed by atoms with E-state index in [0.29, 0.717) is 11.8 Å². The molecule has 20 heavy (non-hydrogen) atoms. The first kappa shape index (κ1) is 15.4. The maximum absolute atomic E-state index is 8.86. The molecule has 0 atom stereocenters. The number of benzene rings is 1. The first-order valence-electron chi connectivity index (χ1n) is 7.26. The van der Waals surface area contributed by atoms with E-state index >= 15 is 0 Å². The lowest BCUT2D eigenvalue weighted by Gasteiger charge is -2.20. The van der Waals surface area contributed by atoms with E-state index in [1.165, 1.54) is 23.3 Å². The fraction of sp³-hybridized carbons (Fsp3) is 0.588. The zero-order valence-corrected chi connectivity index (χ0v) is 13.5. The van der Waals surface area contributed by atoms with E-state index in [-0.39, 0.29) is 5.54 Å². The Labute approximate surface area is 127 Å². The van der Waals surface area contributed by atoms with Crippen LogP contribution in [0.25, 0.3) is 0 Å². The molecule has 1 aliphatic carbocycles. The molecule has 0 saturated heterocycles. The van der Waals surface area contributed by atoms with E-state index < -0.39 is 0 Å². The zero-order valence-electron chi connectivity index (χ0n) is 12.7. The molecule has 0 spiro atoms. The van der Waals surface area contributed by atoms with Crippen molar-refractivity contribution in [2.24, 2.45) is 5.41 Å². The van der Waals surface area contributed by atoms with Gasteiger partial charge in [-0.2, -0.15) is 5.26 Å². The summed E-state index contributed by atoms with van der Waals surface area (Å²) in [7, 11) is 0. The van der Waals surface area contributed by atoms with Crippen LogP contribution in [0.5, 0.6) is 0 Å². The van der Waals surface area contributed by atoms with Gasteiger partial charge in [-0.3, -0.25) is 0 Å². The average molecular weight is 288 g/mol. The van der Waals surface area contributed by atoms with E-state index in [2.05, 4.69) is 56.4 Å². The molecule has 0 heterocycles. The molecule has 1 saturated carbocycles. The fourth-order valence-electron chi connectivity index (χ4n) is 2.07. The lowest BCUT2D eigenvalue weighted by molar-refractivity contribution is 0.424. The van der Waals surface area contributed by atoms with Crippen molar-refractivity contribution < 1.29 is 0 Å². The highest BCUT2D eigenvalue weighted by molar-refractivity contribution is 7.99. The summed E-state index contributed by atoms with van der Waals surface area (Å²) in [5.74, 6) is 1.08. The molecular weight excluding hydrogens is 264 g/mol. The van der Waals surface area contributed by atoms with Gasteiger partial charge in [-0.05, 0) is 56.7 Å². The maximum atomic E-state index is 8.86. The van der Waals surface area contributed by atoms with Gasteiger partial charge in [0.25, 0.3) is 0 Å². The molecule has 0 radical (unpaired) electrons. The van der Waals surface area contributed by atoms with Crippen molar-refractivity contribution in [3.05, 3.63) is 29.8 Å². The maximum Gasteiger partial charge on any atom is 0.0627 e. The molecule has 1 aromatic rings. The smallest absolute Gasteiger partial charge is 0.0627 e. The lowest BCUT2D eigenvalue weighted by atomic mass is 10.1. The van der Waals surface area contributed by atoms with Crippen LogP contribution in [-0.2, 0) is 6.54 Å². The van der Waals surface area contributed by atoms with E-state index in [0.717, 1.165) is 12.3 Å². The van der Waals surface area contributed by atoms with Crippen LogP contribution in [0.2, 0.25) is 0 Å². The lowest BCUT2D eigenvalue weighted by Crippen LogP contribution is -2.35. The van der Waals surface area contributed by atoms with Crippen molar-refractivity contribution in [3.63, 3.8) is 0 Å². The minimum absolute atomic E-state index is 0.147. The molecule has 0 bridgehead atoms. The molecular formula is C17H24N2S. The number of nitrogens with zero attached hydrogens (tertiary/aromatic N) is 1. The number of rotatable bonds is 6. The third-order valence-corrected chi connectivity index (χ3v) is 5.02. The average Bonchev–Trinajstić information content (AvgIpc) is 3.15. The molecule has 0 aliphatic heterocycles. The van der Waals surface area contributed by atoms with Crippen molar-refractivity contribution >= 4 is 11.8 Å². The summed E-state index contributed by atoms with van der Waals surface area (Å²) in [6.07, 6.45) is 3.16. The van der Waals surface area contributed by atoms with Gasteiger partial charge < -0.3 is 5.32 Å². The summed E-state index contributed by atoms with van der Waals surface area (Å²) in [6, 6.07) is 11.1. The number of thioether (sulfide) groups is 1. The second-order valence-electron chi connectivity index (χ2n) is 6.87. The number of hydrogen-bond donors (Lipinski definition) is 1. The summed E-state index contributed by atoms with van der Waals surface area (Å²) >= 11 is 1.90. The van der Waals surface area contributed by atoms with Gasteiger partial charge in [-0.1, -0.05) is 12.1 Å². The Morgan fingerprint density at radius 2 is 2.10 bits per heavy atom. The fourth-order valence-corrected chi connectivity index (χ4v) is 3.34. The predicted molar refractivity (Wildman–Crippen MR) is 85.7 cm³/mol. The van der Waals surface area contributed by atoms with Gasteiger partial charge in [0, 0.05) is 29.2 Å². The Morgan fingerprint density at radius 1 is 1.35 bits per heavy atom. The minimum Gasteiger partial charge on any atom is -0.308 e. The quantitative estimate of drug-likeness (QED) is 0.790. The normalized spacial score (nSPS) is 16.7. The van der Waals surface area contributed by atoms with Crippen molar-refractivity contribution in [2.75, 3.05) is 5.75 Å². The summed E-state index contributed by atoms with van der Waals surface area (Å²) in [6.45, 7) is 7.46. The van der Waals surface area contributed by atoms with E-state index in [1.54, 1.807) is 0 Å². The molecule has 1 aromatic carbocycles. The predicted octanol–water partition coefficient (Wildman–Crippen LogP) is 4.36. The third kappa shape index (κ3) is 4.85. The van der Waals surface area contributed by atoms with Gasteiger partial charge in [-0.25, -0.2) is 0 Å². The van der Waals surface area contributed by atoms with Crippen molar-refractivity contribution in [3.8, 4) is 6.07 Å². The van der Waals surface area contributed by atoms with Crippen LogP contribution in [0, 0.1) is 16.7 Å². The Morgan fingerprint density at radius 3 is 2.70 bits per heavy atom. The molecule has 2 rings (SSSR count). The third-order valence-electron chi connectivity index (χ3n) is 3.68. The second kappa shape index (κ2) is 6.20. The molecule has 1 fully saturated rings. The monoisotopic (exact) mass is 288 g/mol. The molecule has 0 unspecified atom stereocenters. The van der Waals surface area contributed by atoms with Crippen LogP contribution in [0.4, 0.5) is 0 Å². The molecule has 1 aliphatic rings. The van der Waals surface area contributed by atoms with E-state index in [4.69, 9.17) is 5.26 Å². The van der Waals surface area contributed by atoms with Crippen LogP contribution >= 0.6 is 11.8 Å². The standard InChI is InChI=1S/C17H24N2S/c1-16(2,3)19-12-14-5-4-6-15(11-14)20-13-17(7-8-17)9-10-18/h4-6,11,19H,7-9,12-13H2,1-3H3. The van der Waals surface area contributed by atoms with Crippen molar-refractivity contribution in [2.45, 2.75) is 57.0 Å². The Bertz CT molecular complexity index is 492. The number of nitrogens with one attached hydrogen (secondary N) is 1. The molecule has 0 amide bonds. The summed E-state index contributed by atoms with van der Waals surface area (Å²) in [4.78, 5) is 1.32. The highest BCUT2D eigenvalue weighted by Crippen LogP contribution is 2.51. The van der Waals surface area contributed by atoms with Gasteiger partial charge >= 0.3 is 0 Å². The van der Waals surface area contributed by atoms with Crippen LogP contribution in [0.1, 0.15) is 45.6 Å². The van der Waals surface area contributed by atoms with Crippen LogP contribution in [0.15, 0.2) is 29.2 Å². The van der Waals surface area contributed by atoms with Gasteiger partial charge in [0.15, 0.2) is 0 Å². The summed E-state index contributed by atoms with van der Waals surface area (Å²) in [5.41, 5.74) is 1.79. The second-order valence-corrected chi connectivity index (χ2v) is 7.92. The highest BCUT2D eigenvalue weighted by Gasteiger charge is 2.42. The minimum atomic E-state index is 0.147. The van der Waals surface area contributed by atoms with Gasteiger partial charge in [0.1, 0.15) is 0 Å². The largest absolute Gasteiger partial charge is 0.308 e. The molecule has 108 valence electrons. The highest BCUT2D eigenvalue weighted by atomic mass is 32.2. The Kier molecular flexibility index (Phi) is 4.78. The molecule has 0 aromatic heterocycles. The van der Waals surface area contributed by atoms with E-state index in [1.807, 2.05) is 11.8 Å². The molecule has 3 heteroatoms. The Balaban J connectivity index is 1.88. The van der Waals surface area contributed by atoms with Crippen LogP contribution in [-0.4, -0.2) is 11.3 Å². The van der Waals surface area contributed by atoms with Crippen molar-refractivity contribution in [1.29, 1.82) is 5.26 Å². The SMILES string of the molecule is CC(C)(C)NCc1cccc(SCC2(CC#N)CC2)c1. The first-order chi connectivity index (χ1) is 9.42. The van der Waals surface area contributed by atoms with Gasteiger partial charge in [0.2, 0.25) is 0 Å². The number of nitriles is 1. The number of hydrogen-bond acceptors (Lipinski definition) is 3. The topological polar surface area (TPSA) is 35.8 Å².